The molecule has 114 valence electrons. The molecular formula is C17H24N2O2. The number of piperazine rings is 1. The normalized spacial score (nSPS) is 24.1. The van der Waals surface area contributed by atoms with E-state index in [2.05, 4.69) is 28.4 Å². The van der Waals surface area contributed by atoms with Crippen molar-refractivity contribution >= 4 is 5.69 Å². The molecule has 0 atom stereocenters. The van der Waals surface area contributed by atoms with Crippen molar-refractivity contribution in [2.24, 2.45) is 0 Å². The van der Waals surface area contributed by atoms with Gasteiger partial charge in [-0.05, 0) is 25.0 Å². The second kappa shape index (κ2) is 5.41. The van der Waals surface area contributed by atoms with E-state index in [0.29, 0.717) is 5.54 Å². The van der Waals surface area contributed by atoms with Crippen molar-refractivity contribution in [3.63, 3.8) is 0 Å². The molecular weight excluding hydrogens is 264 g/mol. The summed E-state index contributed by atoms with van der Waals surface area (Å²) < 4.78 is 11.6. The minimum absolute atomic E-state index is 0.350. The van der Waals surface area contributed by atoms with E-state index in [4.69, 9.17) is 9.47 Å². The lowest BCUT2D eigenvalue weighted by Crippen LogP contribution is -2.59. The average Bonchev–Trinajstić information content (AvgIpc) is 2.83. The van der Waals surface area contributed by atoms with Crippen molar-refractivity contribution in [2.45, 2.75) is 37.6 Å². The van der Waals surface area contributed by atoms with Gasteiger partial charge in [-0.3, -0.25) is 0 Å². The molecule has 2 aliphatic heterocycles. The van der Waals surface area contributed by atoms with Crippen molar-refractivity contribution in [3.05, 3.63) is 18.2 Å². The number of fused-ring (bicyclic) bond motifs is 1. The highest BCUT2D eigenvalue weighted by molar-refractivity contribution is 5.57. The van der Waals surface area contributed by atoms with Gasteiger partial charge < -0.3 is 19.7 Å². The van der Waals surface area contributed by atoms with Gasteiger partial charge in [-0.25, -0.2) is 0 Å². The van der Waals surface area contributed by atoms with Crippen molar-refractivity contribution in [1.29, 1.82) is 0 Å². The fraction of sp³-hybridized carbons (Fsp3) is 0.647. The molecule has 1 N–H and O–H groups in total. The van der Waals surface area contributed by atoms with Crippen LogP contribution in [0.15, 0.2) is 18.2 Å². The van der Waals surface area contributed by atoms with E-state index < -0.39 is 0 Å². The number of ether oxygens (including phenoxy) is 2. The predicted molar refractivity (Wildman–Crippen MR) is 83.5 cm³/mol. The van der Waals surface area contributed by atoms with Crippen LogP contribution < -0.4 is 19.7 Å². The Morgan fingerprint density at radius 3 is 2.67 bits per heavy atom. The van der Waals surface area contributed by atoms with Crippen LogP contribution in [0.5, 0.6) is 11.5 Å². The summed E-state index contributed by atoms with van der Waals surface area (Å²) in [5, 5.41) is 3.77. The lowest BCUT2D eigenvalue weighted by atomic mass is 9.94. The van der Waals surface area contributed by atoms with Gasteiger partial charge in [-0.2, -0.15) is 0 Å². The van der Waals surface area contributed by atoms with E-state index in [0.717, 1.165) is 50.8 Å². The van der Waals surface area contributed by atoms with E-state index in [1.165, 1.54) is 31.4 Å². The molecule has 1 aromatic carbocycles. The number of anilines is 1. The number of nitrogens with zero attached hydrogens (tertiary/aromatic N) is 1. The summed E-state index contributed by atoms with van der Waals surface area (Å²) in [6.07, 6.45) is 6.31. The molecule has 4 heteroatoms. The van der Waals surface area contributed by atoms with Crippen LogP contribution in [-0.4, -0.2) is 38.4 Å². The Labute approximate surface area is 126 Å². The highest BCUT2D eigenvalue weighted by Gasteiger charge is 2.37. The maximum Gasteiger partial charge on any atom is 0.163 e. The Morgan fingerprint density at radius 2 is 1.81 bits per heavy atom. The molecule has 0 aromatic heterocycles. The number of hydrogen-bond acceptors (Lipinski definition) is 4. The summed E-state index contributed by atoms with van der Waals surface area (Å²) in [4.78, 5) is 2.51. The molecule has 0 radical (unpaired) electrons. The molecule has 21 heavy (non-hydrogen) atoms. The third-order valence-corrected chi connectivity index (χ3v) is 5.03. The zero-order valence-electron chi connectivity index (χ0n) is 12.6. The van der Waals surface area contributed by atoms with Crippen LogP contribution in [0, 0.1) is 0 Å². The number of hydrogen-bond donors (Lipinski definition) is 1. The van der Waals surface area contributed by atoms with Crippen molar-refractivity contribution < 1.29 is 9.47 Å². The van der Waals surface area contributed by atoms with Crippen LogP contribution in [0.1, 0.15) is 32.1 Å². The first-order chi connectivity index (χ1) is 10.3. The summed E-state index contributed by atoms with van der Waals surface area (Å²) in [7, 11) is 0. The van der Waals surface area contributed by atoms with Crippen LogP contribution in [-0.2, 0) is 0 Å². The van der Waals surface area contributed by atoms with Crippen molar-refractivity contribution in [3.8, 4) is 11.5 Å². The Balaban J connectivity index is 1.56. The van der Waals surface area contributed by atoms with Crippen molar-refractivity contribution in [1.82, 2.24) is 5.32 Å². The fourth-order valence-electron chi connectivity index (χ4n) is 3.91. The standard InChI is InChI=1S/C17H24N2O2/c1-2-7-17(6-1)13-19(9-8-18-17)14-4-5-15-16(12-14)21-11-3-10-20-15/h4-5,12,18H,1-3,6-11,13H2. The van der Waals surface area contributed by atoms with Gasteiger partial charge in [-0.1, -0.05) is 12.8 Å². The zero-order chi connectivity index (χ0) is 14.1. The molecule has 1 saturated carbocycles. The summed E-state index contributed by atoms with van der Waals surface area (Å²) in [5.74, 6) is 1.80. The van der Waals surface area contributed by atoms with Gasteiger partial charge in [0.15, 0.2) is 11.5 Å². The molecule has 1 aliphatic carbocycles. The van der Waals surface area contributed by atoms with E-state index >= 15 is 0 Å². The quantitative estimate of drug-likeness (QED) is 0.861. The monoisotopic (exact) mass is 288 g/mol. The smallest absolute Gasteiger partial charge is 0.163 e. The highest BCUT2D eigenvalue weighted by atomic mass is 16.5. The van der Waals surface area contributed by atoms with E-state index in [9.17, 15) is 0 Å². The Bertz CT molecular complexity index is 512. The zero-order valence-corrected chi connectivity index (χ0v) is 12.6. The third kappa shape index (κ3) is 2.57. The van der Waals surface area contributed by atoms with Crippen LogP contribution in [0.2, 0.25) is 0 Å². The minimum Gasteiger partial charge on any atom is -0.490 e. The van der Waals surface area contributed by atoms with Crippen LogP contribution in [0.3, 0.4) is 0 Å². The van der Waals surface area contributed by atoms with Gasteiger partial charge >= 0.3 is 0 Å². The summed E-state index contributed by atoms with van der Waals surface area (Å²) in [6, 6.07) is 6.41. The fourth-order valence-corrected chi connectivity index (χ4v) is 3.91. The molecule has 0 unspecified atom stereocenters. The molecule has 2 fully saturated rings. The minimum atomic E-state index is 0.350. The van der Waals surface area contributed by atoms with Crippen LogP contribution in [0.25, 0.3) is 0 Å². The molecule has 1 saturated heterocycles. The van der Waals surface area contributed by atoms with Gasteiger partial charge in [0, 0.05) is 43.3 Å². The Hall–Kier alpha value is -1.42. The topological polar surface area (TPSA) is 33.7 Å². The number of benzene rings is 1. The molecule has 4 nitrogen and oxygen atoms in total. The second-order valence-electron chi connectivity index (χ2n) is 6.52. The lowest BCUT2D eigenvalue weighted by Gasteiger charge is -2.42. The molecule has 0 bridgehead atoms. The maximum atomic E-state index is 5.83. The van der Waals surface area contributed by atoms with Crippen LogP contribution >= 0.6 is 0 Å². The molecule has 4 rings (SSSR count). The van der Waals surface area contributed by atoms with E-state index in [1.54, 1.807) is 0 Å². The first-order valence-corrected chi connectivity index (χ1v) is 8.24. The first kappa shape index (κ1) is 13.3. The Morgan fingerprint density at radius 1 is 1.00 bits per heavy atom. The van der Waals surface area contributed by atoms with Crippen LogP contribution in [0.4, 0.5) is 5.69 Å². The average molecular weight is 288 g/mol. The highest BCUT2D eigenvalue weighted by Crippen LogP contribution is 2.37. The SMILES string of the molecule is c1cc2c(cc1N1CCNC3(CCCC3)C1)OCCCO2. The molecule has 3 aliphatic rings. The van der Waals surface area contributed by atoms with E-state index in [-0.39, 0.29) is 0 Å². The lowest BCUT2D eigenvalue weighted by molar-refractivity contribution is 0.296. The molecule has 2 heterocycles. The molecule has 0 amide bonds. The summed E-state index contributed by atoms with van der Waals surface area (Å²) in [6.45, 7) is 4.77. The maximum absolute atomic E-state index is 5.83. The molecule has 1 aromatic rings. The summed E-state index contributed by atoms with van der Waals surface area (Å²) >= 11 is 0. The predicted octanol–water partition coefficient (Wildman–Crippen LogP) is 2.57. The van der Waals surface area contributed by atoms with Gasteiger partial charge in [0.1, 0.15) is 0 Å². The van der Waals surface area contributed by atoms with Crippen molar-refractivity contribution in [2.75, 3.05) is 37.7 Å². The largest absolute Gasteiger partial charge is 0.490 e. The number of nitrogens with one attached hydrogen (secondary N) is 1. The van der Waals surface area contributed by atoms with Gasteiger partial charge in [0.25, 0.3) is 0 Å². The first-order valence-electron chi connectivity index (χ1n) is 8.24. The second-order valence-corrected chi connectivity index (χ2v) is 6.52. The van der Waals surface area contributed by atoms with Gasteiger partial charge in [0.2, 0.25) is 0 Å². The third-order valence-electron chi connectivity index (χ3n) is 5.03. The number of rotatable bonds is 1. The van der Waals surface area contributed by atoms with Gasteiger partial charge in [0.05, 0.1) is 13.2 Å². The Kier molecular flexibility index (Phi) is 3.42. The summed E-state index contributed by atoms with van der Waals surface area (Å²) in [5.41, 5.74) is 1.62. The van der Waals surface area contributed by atoms with Gasteiger partial charge in [-0.15, -0.1) is 0 Å². The molecule has 1 spiro atoms. The van der Waals surface area contributed by atoms with E-state index in [1.807, 2.05) is 0 Å².